The third-order valence-electron chi connectivity index (χ3n) is 8.37. The van der Waals surface area contributed by atoms with Gasteiger partial charge in [-0.05, 0) is 61.0 Å². The van der Waals surface area contributed by atoms with E-state index in [1.807, 2.05) is 31.2 Å². The summed E-state index contributed by atoms with van der Waals surface area (Å²) in [5.74, 6) is -3.48. The SMILES string of the molecule is [C-]#[N+]c1ccc(N2C(=O)c3cc(C#N)c4c5c(cc(Oc6cccc(C)c6)c(c35)C2=O)C(=O)N(c2ccc(C#N)c(C#N)c2)C4=O)cc1[N+]#[C-]. The number of carbonyl (C=O) groups excluding carboxylic acids is 4. The summed E-state index contributed by atoms with van der Waals surface area (Å²) < 4.78 is 6.25. The molecule has 0 fully saturated rings. The number of rotatable bonds is 4. The summed E-state index contributed by atoms with van der Waals surface area (Å²) in [5.41, 5.74) is -0.435. The van der Waals surface area contributed by atoms with Crippen LogP contribution in [0.15, 0.2) is 72.8 Å². The molecule has 0 saturated heterocycles. The van der Waals surface area contributed by atoms with E-state index in [-0.39, 0.29) is 84.0 Å². The normalized spacial score (nSPS) is 12.9. The number of carbonyl (C=O) groups is 4. The molecule has 2 aliphatic heterocycles. The predicted molar refractivity (Wildman–Crippen MR) is 177 cm³/mol. The van der Waals surface area contributed by atoms with E-state index in [4.69, 9.17) is 17.9 Å². The van der Waals surface area contributed by atoms with Crippen molar-refractivity contribution in [2.75, 3.05) is 9.80 Å². The Morgan fingerprint density at radius 3 is 1.86 bits per heavy atom. The summed E-state index contributed by atoms with van der Waals surface area (Å²) in [6.45, 7) is 16.7. The average molecular weight is 650 g/mol. The maximum atomic E-state index is 14.5. The molecule has 0 bridgehead atoms. The molecule has 50 heavy (non-hydrogen) atoms. The molecule has 0 N–H and O–H groups in total. The Bertz CT molecular complexity index is 2700. The lowest BCUT2D eigenvalue weighted by molar-refractivity contribution is 0.0871. The molecule has 0 radical (unpaired) electrons. The average Bonchev–Trinajstić information content (AvgIpc) is 3.12. The number of anilines is 2. The van der Waals surface area contributed by atoms with Crippen molar-refractivity contribution in [3.8, 4) is 29.7 Å². The van der Waals surface area contributed by atoms with Gasteiger partial charge in [-0.15, -0.1) is 0 Å². The van der Waals surface area contributed by atoms with E-state index in [0.29, 0.717) is 0 Å². The van der Waals surface area contributed by atoms with E-state index in [0.717, 1.165) is 21.4 Å². The molecule has 5 aromatic rings. The third-order valence-corrected chi connectivity index (χ3v) is 8.37. The van der Waals surface area contributed by atoms with Gasteiger partial charge in [0.1, 0.15) is 29.7 Å². The maximum absolute atomic E-state index is 14.5. The van der Waals surface area contributed by atoms with Gasteiger partial charge < -0.3 is 4.74 Å². The molecular weight excluding hydrogens is 634 g/mol. The van der Waals surface area contributed by atoms with Gasteiger partial charge in [0.05, 0.1) is 57.8 Å². The smallest absolute Gasteiger partial charge is 0.269 e. The summed E-state index contributed by atoms with van der Waals surface area (Å²) in [6.07, 6.45) is 0. The van der Waals surface area contributed by atoms with E-state index in [9.17, 15) is 35.0 Å². The van der Waals surface area contributed by atoms with Crippen LogP contribution in [0.25, 0.3) is 20.5 Å². The quantitative estimate of drug-likeness (QED) is 0.145. The highest BCUT2D eigenvalue weighted by atomic mass is 16.5. The molecule has 0 unspecified atom stereocenters. The van der Waals surface area contributed by atoms with Crippen LogP contribution < -0.4 is 14.5 Å². The monoisotopic (exact) mass is 649 g/mol. The van der Waals surface area contributed by atoms with Crippen molar-refractivity contribution in [2.24, 2.45) is 0 Å². The Balaban J connectivity index is 1.54. The van der Waals surface area contributed by atoms with E-state index >= 15 is 0 Å². The molecule has 2 heterocycles. The van der Waals surface area contributed by atoms with Gasteiger partial charge in [0.15, 0.2) is 11.4 Å². The van der Waals surface area contributed by atoms with Gasteiger partial charge in [0.25, 0.3) is 23.6 Å². The fourth-order valence-electron chi connectivity index (χ4n) is 6.17. The molecule has 0 aliphatic carbocycles. The van der Waals surface area contributed by atoms with Gasteiger partial charge in [-0.3, -0.25) is 28.9 Å². The zero-order valence-corrected chi connectivity index (χ0v) is 25.6. The molecule has 0 atom stereocenters. The summed E-state index contributed by atoms with van der Waals surface area (Å²) >= 11 is 0. The third kappa shape index (κ3) is 4.34. The number of aryl methyl sites for hydroxylation is 1. The van der Waals surface area contributed by atoms with E-state index < -0.39 is 23.6 Å². The van der Waals surface area contributed by atoms with Crippen LogP contribution in [0.5, 0.6) is 11.5 Å². The molecule has 5 aromatic carbocycles. The molecule has 0 saturated carbocycles. The second kappa shape index (κ2) is 11.3. The Morgan fingerprint density at radius 1 is 0.620 bits per heavy atom. The number of nitrogens with zero attached hydrogens (tertiary/aromatic N) is 7. The largest absolute Gasteiger partial charge is 0.456 e. The van der Waals surface area contributed by atoms with Gasteiger partial charge in [-0.25, -0.2) is 9.80 Å². The predicted octanol–water partition coefficient (Wildman–Crippen LogP) is 7.26. The second-order valence-corrected chi connectivity index (χ2v) is 11.2. The minimum absolute atomic E-state index is 0.0144. The molecule has 7 rings (SSSR count). The van der Waals surface area contributed by atoms with E-state index in [2.05, 4.69) is 9.69 Å². The van der Waals surface area contributed by atoms with Gasteiger partial charge in [0.2, 0.25) is 0 Å². The number of ether oxygens (including phenoxy) is 1. The minimum atomic E-state index is -0.948. The molecule has 12 nitrogen and oxygen atoms in total. The number of hydrogen-bond acceptors (Lipinski definition) is 8. The number of amides is 4. The minimum Gasteiger partial charge on any atom is -0.456 e. The van der Waals surface area contributed by atoms with Crippen molar-refractivity contribution in [3.05, 3.63) is 140 Å². The van der Waals surface area contributed by atoms with Crippen molar-refractivity contribution < 1.29 is 23.9 Å². The Labute approximate surface area is 283 Å². The lowest BCUT2D eigenvalue weighted by atomic mass is 9.82. The Morgan fingerprint density at radius 2 is 1.22 bits per heavy atom. The molecule has 2 aliphatic rings. The zero-order valence-electron chi connectivity index (χ0n) is 25.6. The van der Waals surface area contributed by atoms with E-state index in [1.165, 1.54) is 42.5 Å². The maximum Gasteiger partial charge on any atom is 0.269 e. The van der Waals surface area contributed by atoms with Crippen LogP contribution in [0.1, 0.15) is 63.7 Å². The van der Waals surface area contributed by atoms with Gasteiger partial charge in [-0.2, -0.15) is 15.8 Å². The summed E-state index contributed by atoms with van der Waals surface area (Å²) in [6, 6.07) is 22.7. The second-order valence-electron chi connectivity index (χ2n) is 11.2. The summed E-state index contributed by atoms with van der Waals surface area (Å²) in [4.78, 5) is 65.5. The van der Waals surface area contributed by atoms with Crippen LogP contribution in [-0.2, 0) is 0 Å². The number of benzene rings is 5. The first-order valence-electron chi connectivity index (χ1n) is 14.6. The first-order chi connectivity index (χ1) is 24.1. The Hall–Kier alpha value is -8.11. The van der Waals surface area contributed by atoms with Crippen molar-refractivity contribution in [2.45, 2.75) is 6.92 Å². The van der Waals surface area contributed by atoms with Gasteiger partial charge >= 0.3 is 0 Å². The van der Waals surface area contributed by atoms with Crippen molar-refractivity contribution in [3.63, 3.8) is 0 Å². The fourth-order valence-corrected chi connectivity index (χ4v) is 6.17. The number of nitriles is 3. The first kappa shape index (κ1) is 30.5. The first-order valence-corrected chi connectivity index (χ1v) is 14.6. The summed E-state index contributed by atoms with van der Waals surface area (Å²) in [5, 5.41) is 29.1. The van der Waals surface area contributed by atoms with Crippen LogP contribution in [0, 0.1) is 54.1 Å². The highest BCUT2D eigenvalue weighted by Crippen LogP contribution is 2.46. The van der Waals surface area contributed by atoms with Crippen LogP contribution in [0.2, 0.25) is 0 Å². The zero-order chi connectivity index (χ0) is 35.4. The molecule has 0 spiro atoms. The van der Waals surface area contributed by atoms with Crippen molar-refractivity contribution in [1.82, 2.24) is 0 Å². The summed E-state index contributed by atoms with van der Waals surface area (Å²) in [7, 11) is 0. The van der Waals surface area contributed by atoms with Crippen LogP contribution in [-0.4, -0.2) is 23.6 Å². The van der Waals surface area contributed by atoms with Crippen molar-refractivity contribution >= 4 is 57.2 Å². The van der Waals surface area contributed by atoms with E-state index in [1.54, 1.807) is 18.2 Å². The molecule has 0 aromatic heterocycles. The Kier molecular flexibility index (Phi) is 6.90. The van der Waals surface area contributed by atoms with Crippen LogP contribution >= 0.6 is 0 Å². The molecule has 232 valence electrons. The lowest BCUT2D eigenvalue weighted by Crippen LogP contribution is -2.44. The highest BCUT2D eigenvalue weighted by Gasteiger charge is 2.44. The molecular formula is C38H15N7O5. The number of hydrogen-bond donors (Lipinski definition) is 0. The molecule has 4 amide bonds. The molecule has 12 heteroatoms. The van der Waals surface area contributed by atoms with Crippen molar-refractivity contribution in [1.29, 1.82) is 15.8 Å². The van der Waals surface area contributed by atoms with Gasteiger partial charge in [-0.1, -0.05) is 24.3 Å². The fraction of sp³-hybridized carbons (Fsp3) is 0.0263. The topological polar surface area (TPSA) is 164 Å². The number of imide groups is 2. The lowest BCUT2D eigenvalue weighted by Gasteiger charge is -2.33. The van der Waals surface area contributed by atoms with Gasteiger partial charge in [0, 0.05) is 16.5 Å². The highest BCUT2D eigenvalue weighted by molar-refractivity contribution is 6.43. The van der Waals surface area contributed by atoms with Crippen LogP contribution in [0.3, 0.4) is 0 Å². The standard InChI is InChI=1S/C38H15N7O5/c1-19-5-4-6-25(11-19)50-30-15-27-32-31(37(48)44(36(27)47)23-8-7-20(16-39)21(12-23)17-40)22(18-41)13-26-33(32)34(30)38(49)45(35(26)46)24-9-10-28(42-2)29(14-24)43-3/h4-15H,1H3. The van der Waals surface area contributed by atoms with Crippen LogP contribution in [0.4, 0.5) is 22.7 Å².